The monoisotopic (exact) mass is 1030 g/mol. The molecule has 0 bridgehead atoms. The lowest BCUT2D eigenvalue weighted by Crippen LogP contribution is -2.30. The Bertz CT molecular complexity index is 1530. The SMILES string of the molecule is CC/C=C\C/C=C\C/C=C\C/C=C\CCCCC(=O)OC(CO)COP(=O)(O)OCC(COC(=O)CCCCCCCCCCCCCCC)OC(=O)CCCCCCCCC/C=C\C/C=C\C/C=C\CC. The molecule has 0 radical (unpaired) electrons. The Balaban J connectivity index is 4.77. The highest BCUT2D eigenvalue weighted by atomic mass is 31.2. The summed E-state index contributed by atoms with van der Waals surface area (Å²) in [6.45, 7) is 4.37. The lowest BCUT2D eigenvalue weighted by molar-refractivity contribution is -0.161. The van der Waals surface area contributed by atoms with Gasteiger partial charge in [-0.15, -0.1) is 0 Å². The van der Waals surface area contributed by atoms with Gasteiger partial charge in [0.05, 0.1) is 19.8 Å². The fourth-order valence-electron chi connectivity index (χ4n) is 7.54. The number of aliphatic hydroxyl groups is 1. The summed E-state index contributed by atoms with van der Waals surface area (Å²) in [5, 5.41) is 9.80. The maximum absolute atomic E-state index is 12.9. The first-order chi connectivity index (χ1) is 35.2. The molecular formula is C60H103O11P. The third-order valence-corrected chi connectivity index (χ3v) is 12.8. The van der Waals surface area contributed by atoms with Gasteiger partial charge >= 0.3 is 25.7 Å². The zero-order valence-corrected chi connectivity index (χ0v) is 46.5. The van der Waals surface area contributed by atoms with Gasteiger partial charge in [0.15, 0.2) is 6.10 Å². The maximum atomic E-state index is 12.9. The summed E-state index contributed by atoms with van der Waals surface area (Å²) in [4.78, 5) is 48.5. The Morgan fingerprint density at radius 2 is 0.722 bits per heavy atom. The van der Waals surface area contributed by atoms with Crippen LogP contribution in [0.5, 0.6) is 0 Å². The molecule has 0 saturated heterocycles. The zero-order valence-electron chi connectivity index (χ0n) is 45.6. The van der Waals surface area contributed by atoms with E-state index in [1.165, 1.54) is 64.2 Å². The molecule has 0 rings (SSSR count). The van der Waals surface area contributed by atoms with Gasteiger partial charge in [-0.3, -0.25) is 23.4 Å². The molecular weight excluding hydrogens is 928 g/mol. The van der Waals surface area contributed by atoms with E-state index in [-0.39, 0.29) is 25.9 Å². The third kappa shape index (κ3) is 51.6. The van der Waals surface area contributed by atoms with E-state index in [1.54, 1.807) is 0 Å². The number of hydrogen-bond donors (Lipinski definition) is 2. The molecule has 72 heavy (non-hydrogen) atoms. The maximum Gasteiger partial charge on any atom is 0.472 e. The summed E-state index contributed by atoms with van der Waals surface area (Å²) < 4.78 is 39.5. The van der Waals surface area contributed by atoms with Gasteiger partial charge in [-0.2, -0.15) is 0 Å². The third-order valence-electron chi connectivity index (χ3n) is 11.8. The van der Waals surface area contributed by atoms with Crippen LogP contribution in [-0.4, -0.2) is 66.5 Å². The van der Waals surface area contributed by atoms with Gasteiger partial charge in [-0.1, -0.05) is 215 Å². The van der Waals surface area contributed by atoms with Crippen molar-refractivity contribution in [3.05, 3.63) is 85.1 Å². The van der Waals surface area contributed by atoms with E-state index in [4.69, 9.17) is 23.3 Å². The summed E-state index contributed by atoms with van der Waals surface area (Å²) in [7, 11) is -4.76. The molecule has 0 aromatic heterocycles. The summed E-state index contributed by atoms with van der Waals surface area (Å²) in [5.74, 6) is -1.52. The Morgan fingerprint density at radius 3 is 1.14 bits per heavy atom. The first-order valence-electron chi connectivity index (χ1n) is 28.5. The molecule has 0 aromatic carbocycles. The van der Waals surface area contributed by atoms with Crippen LogP contribution in [0.15, 0.2) is 85.1 Å². The smallest absolute Gasteiger partial charge is 0.462 e. The molecule has 0 aliphatic rings. The summed E-state index contributed by atoms with van der Waals surface area (Å²) in [5.41, 5.74) is 0. The van der Waals surface area contributed by atoms with Crippen molar-refractivity contribution in [2.45, 2.75) is 251 Å². The second-order valence-electron chi connectivity index (χ2n) is 18.7. The van der Waals surface area contributed by atoms with Crippen LogP contribution in [0.2, 0.25) is 0 Å². The molecule has 2 N–H and O–H groups in total. The van der Waals surface area contributed by atoms with Crippen LogP contribution < -0.4 is 0 Å². The normalized spacial score (nSPS) is 14.0. The van der Waals surface area contributed by atoms with Crippen molar-refractivity contribution in [2.75, 3.05) is 26.4 Å². The van der Waals surface area contributed by atoms with Gasteiger partial charge in [0.25, 0.3) is 0 Å². The van der Waals surface area contributed by atoms with Crippen molar-refractivity contribution in [1.29, 1.82) is 0 Å². The molecule has 0 aromatic rings. The lowest BCUT2D eigenvalue weighted by Gasteiger charge is -2.21. The number of ether oxygens (including phenoxy) is 3. The summed E-state index contributed by atoms with van der Waals surface area (Å²) in [6, 6.07) is 0. The number of esters is 3. The van der Waals surface area contributed by atoms with E-state index in [1.807, 2.05) is 0 Å². The predicted octanol–water partition coefficient (Wildman–Crippen LogP) is 16.7. The number of unbranched alkanes of at least 4 members (excludes halogenated alkanes) is 21. The minimum absolute atomic E-state index is 0.122. The number of aliphatic hydroxyl groups excluding tert-OH is 1. The Labute approximate surface area is 439 Å². The Kier molecular flexibility index (Phi) is 51.4. The van der Waals surface area contributed by atoms with Crippen molar-refractivity contribution in [1.82, 2.24) is 0 Å². The van der Waals surface area contributed by atoms with E-state index < -0.39 is 57.8 Å². The lowest BCUT2D eigenvalue weighted by atomic mass is 10.0. The molecule has 0 fully saturated rings. The molecule has 0 heterocycles. The van der Waals surface area contributed by atoms with E-state index in [0.717, 1.165) is 116 Å². The summed E-state index contributed by atoms with van der Waals surface area (Å²) in [6.07, 6.45) is 61.1. The minimum Gasteiger partial charge on any atom is -0.462 e. The van der Waals surface area contributed by atoms with Crippen LogP contribution >= 0.6 is 7.82 Å². The molecule has 0 saturated carbocycles. The van der Waals surface area contributed by atoms with Crippen LogP contribution in [0.1, 0.15) is 239 Å². The first kappa shape index (κ1) is 68.7. The van der Waals surface area contributed by atoms with Crippen LogP contribution in [0.25, 0.3) is 0 Å². The highest BCUT2D eigenvalue weighted by Crippen LogP contribution is 2.43. The number of carbonyl (C=O) groups is 3. The standard InChI is InChI=1S/C60H103O11P/c1-4-7-10-13-16-19-22-25-27-28-30-33-36-39-42-45-48-51-60(64)71-57(53-67-58(62)49-46-43-40-37-34-31-24-21-18-15-12-9-6-3)55-69-72(65,66)68-54-56(52-61)70-59(63)50-47-44-41-38-35-32-29-26-23-20-17-14-11-8-5-2/h7-8,10-11,16-17,19-20,25-27,29,35,38,56-57,61H,4-6,9,12-15,18,21-24,28,30-34,36-37,39-55H2,1-3H3,(H,65,66)/b10-7-,11-8-,19-16-,20-17-,27-25-,29-26-,38-35-. The van der Waals surface area contributed by atoms with Crippen LogP contribution in [0, 0.1) is 0 Å². The number of phosphoric ester groups is 1. The van der Waals surface area contributed by atoms with Gasteiger partial charge in [0.2, 0.25) is 0 Å². The van der Waals surface area contributed by atoms with E-state index in [2.05, 4.69) is 106 Å². The van der Waals surface area contributed by atoms with E-state index >= 15 is 0 Å². The molecule has 3 unspecified atom stereocenters. The van der Waals surface area contributed by atoms with Crippen molar-refractivity contribution < 1.29 is 52.2 Å². The van der Waals surface area contributed by atoms with E-state index in [9.17, 15) is 28.9 Å². The highest BCUT2D eigenvalue weighted by molar-refractivity contribution is 7.47. The molecule has 0 amide bonds. The van der Waals surface area contributed by atoms with Crippen molar-refractivity contribution >= 4 is 25.7 Å². The molecule has 12 heteroatoms. The average Bonchev–Trinajstić information content (AvgIpc) is 3.37. The van der Waals surface area contributed by atoms with E-state index in [0.29, 0.717) is 19.3 Å². The molecule has 0 aliphatic heterocycles. The quantitative estimate of drug-likeness (QED) is 0.0197. The molecule has 0 aliphatic carbocycles. The number of hydrogen-bond acceptors (Lipinski definition) is 10. The van der Waals surface area contributed by atoms with Gasteiger partial charge in [-0.05, 0) is 89.9 Å². The first-order valence-corrected chi connectivity index (χ1v) is 30.0. The number of carbonyl (C=O) groups excluding carboxylic acids is 3. The predicted molar refractivity (Wildman–Crippen MR) is 298 cm³/mol. The molecule has 414 valence electrons. The molecule has 0 spiro atoms. The number of allylic oxidation sites excluding steroid dienone is 14. The summed E-state index contributed by atoms with van der Waals surface area (Å²) >= 11 is 0. The van der Waals surface area contributed by atoms with Gasteiger partial charge in [-0.25, -0.2) is 4.57 Å². The second kappa shape index (κ2) is 53.9. The average molecular weight is 1030 g/mol. The van der Waals surface area contributed by atoms with Gasteiger partial charge in [0, 0.05) is 19.3 Å². The van der Waals surface area contributed by atoms with Crippen LogP contribution in [0.4, 0.5) is 0 Å². The highest BCUT2D eigenvalue weighted by Gasteiger charge is 2.28. The largest absolute Gasteiger partial charge is 0.472 e. The van der Waals surface area contributed by atoms with Crippen molar-refractivity contribution in [2.24, 2.45) is 0 Å². The topological polar surface area (TPSA) is 155 Å². The molecule has 3 atom stereocenters. The van der Waals surface area contributed by atoms with Crippen LogP contribution in [0.3, 0.4) is 0 Å². The van der Waals surface area contributed by atoms with Crippen LogP contribution in [-0.2, 0) is 42.2 Å². The van der Waals surface area contributed by atoms with Gasteiger partial charge in [0.1, 0.15) is 12.7 Å². The second-order valence-corrected chi connectivity index (χ2v) is 20.1. The van der Waals surface area contributed by atoms with Crippen molar-refractivity contribution in [3.63, 3.8) is 0 Å². The number of rotatable bonds is 52. The van der Waals surface area contributed by atoms with Gasteiger partial charge < -0.3 is 24.2 Å². The minimum atomic E-state index is -4.76. The Hall–Kier alpha value is -3.34. The number of phosphoric acid groups is 1. The van der Waals surface area contributed by atoms with Crippen molar-refractivity contribution in [3.8, 4) is 0 Å². The molecule has 11 nitrogen and oxygen atoms in total. The Morgan fingerprint density at radius 1 is 0.403 bits per heavy atom. The zero-order chi connectivity index (χ0) is 52.7. The fraction of sp³-hybridized carbons (Fsp3) is 0.717. The fourth-order valence-corrected chi connectivity index (χ4v) is 8.32.